The van der Waals surface area contributed by atoms with E-state index in [1.165, 1.54) is 0 Å². The van der Waals surface area contributed by atoms with Crippen LogP contribution in [-0.4, -0.2) is 23.9 Å². The standard InChI is InChI=1S/C11H22O2/c1-4-7-10(12)11(8-5-2)13-9-6-3/h6,10-12H,3-5,7-9H2,1-2H3. The summed E-state index contributed by atoms with van der Waals surface area (Å²) in [5.41, 5.74) is 0. The maximum atomic E-state index is 9.71. The van der Waals surface area contributed by atoms with E-state index in [1.54, 1.807) is 6.08 Å². The van der Waals surface area contributed by atoms with Gasteiger partial charge in [0, 0.05) is 0 Å². The van der Waals surface area contributed by atoms with Crippen molar-refractivity contribution in [3.05, 3.63) is 12.7 Å². The normalized spacial score (nSPS) is 15.3. The summed E-state index contributed by atoms with van der Waals surface area (Å²) < 4.78 is 5.48. The Kier molecular flexibility index (Phi) is 8.05. The van der Waals surface area contributed by atoms with Gasteiger partial charge in [0.1, 0.15) is 0 Å². The summed E-state index contributed by atoms with van der Waals surface area (Å²) in [6, 6.07) is 0. The Balaban J connectivity index is 3.82. The molecule has 2 atom stereocenters. The molecule has 0 aliphatic heterocycles. The summed E-state index contributed by atoms with van der Waals surface area (Å²) in [7, 11) is 0. The highest BCUT2D eigenvalue weighted by molar-refractivity contribution is 4.72. The first-order valence-corrected chi connectivity index (χ1v) is 5.16. The Morgan fingerprint density at radius 3 is 2.38 bits per heavy atom. The summed E-state index contributed by atoms with van der Waals surface area (Å²) in [6.45, 7) is 8.29. The molecule has 0 rings (SSSR count). The molecule has 0 saturated carbocycles. The lowest BCUT2D eigenvalue weighted by Crippen LogP contribution is -2.28. The van der Waals surface area contributed by atoms with E-state index in [1.807, 2.05) is 0 Å². The number of aliphatic hydroxyl groups is 1. The van der Waals surface area contributed by atoms with Crippen LogP contribution in [0, 0.1) is 0 Å². The largest absolute Gasteiger partial charge is 0.390 e. The molecule has 0 spiro atoms. The van der Waals surface area contributed by atoms with Crippen LogP contribution < -0.4 is 0 Å². The van der Waals surface area contributed by atoms with Crippen LogP contribution in [0.2, 0.25) is 0 Å². The molecule has 2 heteroatoms. The molecule has 0 radical (unpaired) electrons. The van der Waals surface area contributed by atoms with Gasteiger partial charge in [-0.25, -0.2) is 0 Å². The third kappa shape index (κ3) is 5.83. The van der Waals surface area contributed by atoms with Crippen LogP contribution in [0.5, 0.6) is 0 Å². The van der Waals surface area contributed by atoms with Gasteiger partial charge >= 0.3 is 0 Å². The molecule has 78 valence electrons. The zero-order valence-corrected chi connectivity index (χ0v) is 8.83. The van der Waals surface area contributed by atoms with Crippen LogP contribution in [0.3, 0.4) is 0 Å². The Morgan fingerprint density at radius 2 is 1.92 bits per heavy atom. The number of hydrogen-bond donors (Lipinski definition) is 1. The van der Waals surface area contributed by atoms with Crippen LogP contribution in [0.4, 0.5) is 0 Å². The van der Waals surface area contributed by atoms with E-state index in [-0.39, 0.29) is 12.2 Å². The second kappa shape index (κ2) is 8.27. The van der Waals surface area contributed by atoms with Crippen LogP contribution in [0.1, 0.15) is 39.5 Å². The van der Waals surface area contributed by atoms with Crippen molar-refractivity contribution in [2.24, 2.45) is 0 Å². The molecule has 0 aromatic heterocycles. The highest BCUT2D eigenvalue weighted by atomic mass is 16.5. The summed E-state index contributed by atoms with van der Waals surface area (Å²) in [4.78, 5) is 0. The first kappa shape index (κ1) is 12.7. The van der Waals surface area contributed by atoms with Gasteiger partial charge in [-0.1, -0.05) is 32.8 Å². The van der Waals surface area contributed by atoms with Crippen LogP contribution >= 0.6 is 0 Å². The molecule has 0 heterocycles. The third-order valence-corrected chi connectivity index (χ3v) is 2.01. The molecular weight excluding hydrogens is 164 g/mol. The van der Waals surface area contributed by atoms with Gasteiger partial charge in [0.25, 0.3) is 0 Å². The van der Waals surface area contributed by atoms with Crippen molar-refractivity contribution in [1.82, 2.24) is 0 Å². The van der Waals surface area contributed by atoms with Gasteiger partial charge in [0.15, 0.2) is 0 Å². The summed E-state index contributed by atoms with van der Waals surface area (Å²) in [6.07, 6.45) is 5.19. The van der Waals surface area contributed by atoms with Gasteiger partial charge in [-0.15, -0.1) is 6.58 Å². The summed E-state index contributed by atoms with van der Waals surface area (Å²) in [5, 5.41) is 9.71. The van der Waals surface area contributed by atoms with E-state index in [4.69, 9.17) is 4.74 Å². The zero-order chi connectivity index (χ0) is 10.1. The zero-order valence-electron chi connectivity index (χ0n) is 8.83. The highest BCUT2D eigenvalue weighted by Gasteiger charge is 2.17. The number of ether oxygens (including phenoxy) is 1. The second-order valence-corrected chi connectivity index (χ2v) is 3.31. The molecule has 1 N–H and O–H groups in total. The minimum atomic E-state index is -0.315. The Labute approximate surface area is 81.6 Å². The van der Waals surface area contributed by atoms with E-state index in [0.717, 1.165) is 25.7 Å². The molecule has 0 bridgehead atoms. The van der Waals surface area contributed by atoms with Crippen LogP contribution in [-0.2, 0) is 4.74 Å². The molecular formula is C11H22O2. The lowest BCUT2D eigenvalue weighted by atomic mass is 10.0. The number of hydrogen-bond acceptors (Lipinski definition) is 2. The van der Waals surface area contributed by atoms with E-state index < -0.39 is 0 Å². The van der Waals surface area contributed by atoms with Crippen molar-refractivity contribution in [3.8, 4) is 0 Å². The van der Waals surface area contributed by atoms with Gasteiger partial charge < -0.3 is 9.84 Å². The summed E-state index contributed by atoms with van der Waals surface area (Å²) >= 11 is 0. The average Bonchev–Trinajstić information content (AvgIpc) is 2.12. The average molecular weight is 186 g/mol. The van der Waals surface area contributed by atoms with E-state index in [0.29, 0.717) is 6.61 Å². The SMILES string of the molecule is C=CCOC(CCC)C(O)CCC. The van der Waals surface area contributed by atoms with Gasteiger partial charge in [-0.2, -0.15) is 0 Å². The van der Waals surface area contributed by atoms with Crippen molar-refractivity contribution in [2.45, 2.75) is 51.7 Å². The highest BCUT2D eigenvalue weighted by Crippen LogP contribution is 2.11. The Hall–Kier alpha value is -0.340. The number of aliphatic hydroxyl groups excluding tert-OH is 1. The number of rotatable bonds is 8. The molecule has 0 aromatic carbocycles. The van der Waals surface area contributed by atoms with Crippen molar-refractivity contribution in [2.75, 3.05) is 6.61 Å². The second-order valence-electron chi connectivity index (χ2n) is 3.31. The lowest BCUT2D eigenvalue weighted by Gasteiger charge is -2.21. The molecule has 0 aliphatic carbocycles. The predicted molar refractivity (Wildman–Crippen MR) is 55.8 cm³/mol. The van der Waals surface area contributed by atoms with E-state index in [2.05, 4.69) is 20.4 Å². The Morgan fingerprint density at radius 1 is 1.31 bits per heavy atom. The monoisotopic (exact) mass is 186 g/mol. The summed E-state index contributed by atoms with van der Waals surface area (Å²) in [5.74, 6) is 0. The molecule has 0 amide bonds. The Bertz CT molecular complexity index is 123. The van der Waals surface area contributed by atoms with Crippen LogP contribution in [0.25, 0.3) is 0 Å². The quantitative estimate of drug-likeness (QED) is 0.590. The van der Waals surface area contributed by atoms with Crippen molar-refractivity contribution in [1.29, 1.82) is 0 Å². The van der Waals surface area contributed by atoms with Gasteiger partial charge in [0.05, 0.1) is 18.8 Å². The topological polar surface area (TPSA) is 29.5 Å². The van der Waals surface area contributed by atoms with Gasteiger partial charge in [0.2, 0.25) is 0 Å². The fourth-order valence-corrected chi connectivity index (χ4v) is 1.34. The molecule has 2 unspecified atom stereocenters. The minimum Gasteiger partial charge on any atom is -0.390 e. The molecule has 0 saturated heterocycles. The van der Waals surface area contributed by atoms with Crippen molar-refractivity contribution < 1.29 is 9.84 Å². The predicted octanol–water partition coefficient (Wildman–Crippen LogP) is 2.52. The maximum Gasteiger partial charge on any atom is 0.0838 e. The fraction of sp³-hybridized carbons (Fsp3) is 0.818. The first-order chi connectivity index (χ1) is 6.26. The molecule has 13 heavy (non-hydrogen) atoms. The first-order valence-electron chi connectivity index (χ1n) is 5.16. The molecule has 0 fully saturated rings. The molecule has 0 aromatic rings. The van der Waals surface area contributed by atoms with E-state index in [9.17, 15) is 5.11 Å². The lowest BCUT2D eigenvalue weighted by molar-refractivity contribution is -0.0344. The molecule has 0 aliphatic rings. The fourth-order valence-electron chi connectivity index (χ4n) is 1.34. The van der Waals surface area contributed by atoms with Crippen molar-refractivity contribution in [3.63, 3.8) is 0 Å². The van der Waals surface area contributed by atoms with Gasteiger partial charge in [-0.05, 0) is 12.8 Å². The molecule has 2 nitrogen and oxygen atoms in total. The van der Waals surface area contributed by atoms with E-state index >= 15 is 0 Å². The minimum absolute atomic E-state index is 0.0112. The smallest absolute Gasteiger partial charge is 0.0838 e. The third-order valence-electron chi connectivity index (χ3n) is 2.01. The maximum absolute atomic E-state index is 9.71. The van der Waals surface area contributed by atoms with Crippen LogP contribution in [0.15, 0.2) is 12.7 Å². The van der Waals surface area contributed by atoms with Crippen molar-refractivity contribution >= 4 is 0 Å². The van der Waals surface area contributed by atoms with Gasteiger partial charge in [-0.3, -0.25) is 0 Å².